The van der Waals surface area contributed by atoms with Gasteiger partial charge in [0, 0.05) is 55.3 Å². The van der Waals surface area contributed by atoms with Gasteiger partial charge < -0.3 is 14.5 Å². The third-order valence-corrected chi connectivity index (χ3v) is 8.61. The summed E-state index contributed by atoms with van der Waals surface area (Å²) in [6.07, 6.45) is -5.08. The number of sulfonamides is 1. The van der Waals surface area contributed by atoms with Gasteiger partial charge >= 0.3 is 12.4 Å². The standard InChI is InChI=1S/C30H28F6N8O5S/c1-2-49-24-13-20(15-37-17-24)21-16-38-44(18-21)23-12-19(11-22(14-23)30(34,35)36)28(46)43-8-6-42(7-9-43)26-4-3-25(39-40-26)27(45)41-50(47,48)10-5-29(31,32)33/h3-4,11-18H,2,5-10H2,1H3,(H,41,45). The minimum absolute atomic E-state index is 0.00883. The van der Waals surface area contributed by atoms with Crippen LogP contribution in [0.5, 0.6) is 5.75 Å². The van der Waals surface area contributed by atoms with E-state index in [-0.39, 0.29) is 43.2 Å². The zero-order valence-corrected chi connectivity index (χ0v) is 26.9. The molecule has 0 radical (unpaired) electrons. The number of hydrogen-bond acceptors (Lipinski definition) is 10. The number of nitrogens with one attached hydrogen (secondary N) is 1. The van der Waals surface area contributed by atoms with Crippen LogP contribution in [0.2, 0.25) is 0 Å². The largest absolute Gasteiger partial charge is 0.492 e. The van der Waals surface area contributed by atoms with Crippen molar-refractivity contribution in [1.29, 1.82) is 0 Å². The highest BCUT2D eigenvalue weighted by molar-refractivity contribution is 7.90. The molecule has 5 rings (SSSR count). The van der Waals surface area contributed by atoms with E-state index in [1.165, 1.54) is 45.0 Å². The number of carbonyl (C=O) groups excluding carboxylic acids is 2. The summed E-state index contributed by atoms with van der Waals surface area (Å²) in [5, 5.41) is 11.7. The van der Waals surface area contributed by atoms with Gasteiger partial charge in [0.1, 0.15) is 5.75 Å². The van der Waals surface area contributed by atoms with Crippen LogP contribution in [-0.2, 0) is 16.2 Å². The van der Waals surface area contributed by atoms with Gasteiger partial charge in [0.2, 0.25) is 10.0 Å². The molecule has 1 aromatic carbocycles. The minimum Gasteiger partial charge on any atom is -0.492 e. The van der Waals surface area contributed by atoms with E-state index in [2.05, 4.69) is 20.3 Å². The van der Waals surface area contributed by atoms with E-state index in [1.54, 1.807) is 17.2 Å². The summed E-state index contributed by atoms with van der Waals surface area (Å²) in [7, 11) is -4.58. The lowest BCUT2D eigenvalue weighted by Crippen LogP contribution is -2.49. The number of aromatic nitrogens is 5. The molecule has 20 heteroatoms. The molecular weight excluding hydrogens is 698 g/mol. The van der Waals surface area contributed by atoms with Crippen molar-refractivity contribution in [3.05, 3.63) is 78.0 Å². The summed E-state index contributed by atoms with van der Waals surface area (Å²) in [6.45, 7) is 2.76. The summed E-state index contributed by atoms with van der Waals surface area (Å²) < 4.78 is 111. The number of pyridine rings is 1. The van der Waals surface area contributed by atoms with E-state index in [0.717, 1.165) is 18.2 Å². The molecule has 3 aromatic heterocycles. The summed E-state index contributed by atoms with van der Waals surface area (Å²) in [4.78, 5) is 32.8. The number of benzene rings is 1. The first kappa shape index (κ1) is 36.0. The van der Waals surface area contributed by atoms with Crippen molar-refractivity contribution in [1.82, 2.24) is 34.6 Å². The van der Waals surface area contributed by atoms with Crippen LogP contribution in [0.15, 0.2) is 61.2 Å². The van der Waals surface area contributed by atoms with E-state index >= 15 is 0 Å². The lowest BCUT2D eigenvalue weighted by Gasteiger charge is -2.35. The fourth-order valence-electron chi connectivity index (χ4n) is 4.90. The number of carbonyl (C=O) groups is 2. The minimum atomic E-state index is -4.76. The molecule has 4 aromatic rings. The van der Waals surface area contributed by atoms with Crippen LogP contribution >= 0.6 is 0 Å². The van der Waals surface area contributed by atoms with Crippen molar-refractivity contribution >= 4 is 27.7 Å². The fourth-order valence-corrected chi connectivity index (χ4v) is 5.89. The summed E-state index contributed by atoms with van der Waals surface area (Å²) in [5.41, 5.74) is -0.516. The average molecular weight is 727 g/mol. The van der Waals surface area contributed by atoms with Crippen molar-refractivity contribution < 1.29 is 49.1 Å². The molecule has 1 aliphatic heterocycles. The first-order valence-electron chi connectivity index (χ1n) is 14.9. The number of amides is 2. The molecule has 0 saturated carbocycles. The summed E-state index contributed by atoms with van der Waals surface area (Å²) in [6, 6.07) is 7.16. The van der Waals surface area contributed by atoms with Gasteiger partial charge in [-0.05, 0) is 43.3 Å². The second-order valence-corrected chi connectivity index (χ2v) is 12.8. The fraction of sp³-hybridized carbons (Fsp3) is 0.333. The molecule has 1 aliphatic rings. The number of anilines is 1. The lowest BCUT2D eigenvalue weighted by molar-refractivity contribution is -0.137. The maximum absolute atomic E-state index is 13.9. The molecule has 2 amide bonds. The molecule has 1 saturated heterocycles. The molecule has 13 nitrogen and oxygen atoms in total. The van der Waals surface area contributed by atoms with Crippen molar-refractivity contribution in [2.75, 3.05) is 43.4 Å². The second kappa shape index (κ2) is 14.3. The van der Waals surface area contributed by atoms with Crippen molar-refractivity contribution in [3.63, 3.8) is 0 Å². The van der Waals surface area contributed by atoms with Gasteiger partial charge in [-0.25, -0.2) is 17.8 Å². The Morgan fingerprint density at radius 1 is 0.920 bits per heavy atom. The summed E-state index contributed by atoms with van der Waals surface area (Å²) in [5.74, 6) is -2.50. The molecule has 0 spiro atoms. The normalized spacial score (nSPS) is 14.1. The first-order valence-corrected chi connectivity index (χ1v) is 16.5. The Bertz CT molecular complexity index is 1960. The van der Waals surface area contributed by atoms with Gasteiger partial charge in [0.05, 0.1) is 42.4 Å². The first-order chi connectivity index (χ1) is 23.5. The molecular formula is C30H28F6N8O5S. The van der Waals surface area contributed by atoms with E-state index in [0.29, 0.717) is 23.5 Å². The third-order valence-electron chi connectivity index (χ3n) is 7.37. The van der Waals surface area contributed by atoms with Crippen LogP contribution in [0.1, 0.15) is 39.8 Å². The van der Waals surface area contributed by atoms with Crippen molar-refractivity contribution in [2.45, 2.75) is 25.7 Å². The Kier molecular flexibility index (Phi) is 10.3. The molecule has 0 atom stereocenters. The predicted molar refractivity (Wildman–Crippen MR) is 165 cm³/mol. The maximum Gasteiger partial charge on any atom is 0.416 e. The van der Waals surface area contributed by atoms with Crippen LogP contribution in [0.4, 0.5) is 32.2 Å². The Morgan fingerprint density at radius 2 is 1.66 bits per heavy atom. The van der Waals surface area contributed by atoms with Gasteiger partial charge in [-0.3, -0.25) is 14.6 Å². The van der Waals surface area contributed by atoms with Gasteiger partial charge in [0.25, 0.3) is 11.8 Å². The number of nitrogens with zero attached hydrogens (tertiary/aromatic N) is 7. The smallest absolute Gasteiger partial charge is 0.416 e. The van der Waals surface area contributed by atoms with E-state index in [1.807, 2.05) is 6.92 Å². The van der Waals surface area contributed by atoms with Crippen molar-refractivity contribution in [3.8, 4) is 22.6 Å². The van der Waals surface area contributed by atoms with Crippen LogP contribution in [-0.4, -0.2) is 94.8 Å². The number of piperazine rings is 1. The number of rotatable bonds is 10. The monoisotopic (exact) mass is 726 g/mol. The third kappa shape index (κ3) is 9.04. The van der Waals surface area contributed by atoms with Gasteiger partial charge in [-0.15, -0.1) is 10.2 Å². The zero-order valence-electron chi connectivity index (χ0n) is 26.1. The number of halogens is 6. The Morgan fingerprint density at radius 3 is 2.30 bits per heavy atom. The Hall–Kier alpha value is -5.27. The molecule has 0 unspecified atom stereocenters. The SMILES string of the molecule is CCOc1cncc(-c2cnn(-c3cc(C(=O)N4CCN(c5ccc(C(=O)NS(=O)(=O)CCC(F)(F)F)nn5)CC4)cc(C(F)(F)F)c3)c2)c1. The van der Waals surface area contributed by atoms with Crippen molar-refractivity contribution in [2.24, 2.45) is 0 Å². The summed E-state index contributed by atoms with van der Waals surface area (Å²) >= 11 is 0. The van der Waals surface area contributed by atoms with E-state index in [9.17, 15) is 44.3 Å². The zero-order chi connectivity index (χ0) is 36.3. The average Bonchev–Trinajstić information content (AvgIpc) is 3.57. The van der Waals surface area contributed by atoms with Gasteiger partial charge in [-0.2, -0.15) is 31.4 Å². The van der Waals surface area contributed by atoms with E-state index < -0.39 is 57.6 Å². The van der Waals surface area contributed by atoms with Crippen LogP contribution < -0.4 is 14.4 Å². The quantitative estimate of drug-likeness (QED) is 0.236. The number of ether oxygens (including phenoxy) is 1. The highest BCUT2D eigenvalue weighted by atomic mass is 32.2. The molecule has 266 valence electrons. The molecule has 1 N–H and O–H groups in total. The highest BCUT2D eigenvalue weighted by Gasteiger charge is 2.34. The maximum atomic E-state index is 13.9. The van der Waals surface area contributed by atoms with Crippen LogP contribution in [0.25, 0.3) is 16.8 Å². The lowest BCUT2D eigenvalue weighted by atomic mass is 10.1. The number of alkyl halides is 6. The molecule has 4 heterocycles. The molecule has 50 heavy (non-hydrogen) atoms. The molecule has 0 aliphatic carbocycles. The van der Waals surface area contributed by atoms with Gasteiger partial charge in [0.15, 0.2) is 11.5 Å². The second-order valence-electron chi connectivity index (χ2n) is 11.0. The Labute approximate surface area is 280 Å². The predicted octanol–water partition coefficient (Wildman–Crippen LogP) is 4.12. The topological polar surface area (TPSA) is 153 Å². The van der Waals surface area contributed by atoms with Crippen LogP contribution in [0.3, 0.4) is 0 Å². The van der Waals surface area contributed by atoms with E-state index in [4.69, 9.17) is 4.74 Å². The van der Waals surface area contributed by atoms with Gasteiger partial charge in [-0.1, -0.05) is 0 Å². The van der Waals surface area contributed by atoms with Crippen LogP contribution in [0, 0.1) is 0 Å². The Balaban J connectivity index is 1.26. The number of hydrogen-bond donors (Lipinski definition) is 1. The molecule has 1 fully saturated rings. The highest BCUT2D eigenvalue weighted by Crippen LogP contribution is 2.33. The molecule has 0 bridgehead atoms.